The molecule has 138 valence electrons. The van der Waals surface area contributed by atoms with Crippen LogP contribution in [0.1, 0.15) is 21.5 Å². The third-order valence-corrected chi connectivity index (χ3v) is 4.26. The van der Waals surface area contributed by atoms with Gasteiger partial charge in [0, 0.05) is 50.5 Å². The fraction of sp³-hybridized carbons (Fsp3) is 0.190. The van der Waals surface area contributed by atoms with Gasteiger partial charge in [-0.05, 0) is 36.2 Å². The summed E-state index contributed by atoms with van der Waals surface area (Å²) >= 11 is 0. The number of hydrogen-bond donors (Lipinski definition) is 1. The lowest BCUT2D eigenvalue weighted by Gasteiger charge is -2.17. The van der Waals surface area contributed by atoms with E-state index < -0.39 is 0 Å². The number of likely N-dealkylation sites (N-methyl/N-ethyl adjacent to an activating group) is 1. The number of pyridine rings is 2. The molecule has 3 aromatic rings. The van der Waals surface area contributed by atoms with Gasteiger partial charge in [0.25, 0.3) is 5.91 Å². The molecule has 5 nitrogen and oxygen atoms in total. The summed E-state index contributed by atoms with van der Waals surface area (Å²) in [6, 6.07) is 12.2. The number of halogens is 1. The average Bonchev–Trinajstić information content (AvgIpc) is 2.72. The third-order valence-electron chi connectivity index (χ3n) is 4.26. The van der Waals surface area contributed by atoms with E-state index in [-0.39, 0.29) is 11.7 Å². The molecule has 0 aliphatic rings. The van der Waals surface area contributed by atoms with Crippen molar-refractivity contribution in [2.75, 3.05) is 18.9 Å². The molecule has 0 saturated carbocycles. The van der Waals surface area contributed by atoms with E-state index in [9.17, 15) is 9.18 Å². The summed E-state index contributed by atoms with van der Waals surface area (Å²) in [5.74, 6) is -0.368. The van der Waals surface area contributed by atoms with Crippen molar-refractivity contribution in [2.45, 2.75) is 13.0 Å². The molecular formula is C21H21FN4O. The van der Waals surface area contributed by atoms with Crippen molar-refractivity contribution in [1.29, 1.82) is 0 Å². The average molecular weight is 364 g/mol. The first kappa shape index (κ1) is 18.5. The highest BCUT2D eigenvalue weighted by Gasteiger charge is 2.13. The quantitative estimate of drug-likeness (QED) is 0.697. The van der Waals surface area contributed by atoms with E-state index in [1.165, 1.54) is 6.07 Å². The fourth-order valence-corrected chi connectivity index (χ4v) is 2.66. The number of amides is 1. The molecule has 27 heavy (non-hydrogen) atoms. The van der Waals surface area contributed by atoms with E-state index >= 15 is 0 Å². The van der Waals surface area contributed by atoms with E-state index in [1.54, 1.807) is 61.0 Å². The summed E-state index contributed by atoms with van der Waals surface area (Å²) in [6.45, 7) is 0.916. The minimum atomic E-state index is -0.263. The van der Waals surface area contributed by atoms with Crippen molar-refractivity contribution in [3.63, 3.8) is 0 Å². The zero-order valence-electron chi connectivity index (χ0n) is 15.1. The van der Waals surface area contributed by atoms with Crippen LogP contribution in [0.15, 0.2) is 67.3 Å². The second-order valence-electron chi connectivity index (χ2n) is 6.24. The van der Waals surface area contributed by atoms with Crippen LogP contribution in [0, 0.1) is 5.82 Å². The normalized spacial score (nSPS) is 10.4. The summed E-state index contributed by atoms with van der Waals surface area (Å²) in [5, 5.41) is 3.11. The van der Waals surface area contributed by atoms with E-state index in [2.05, 4.69) is 15.3 Å². The maximum absolute atomic E-state index is 13.7. The number of nitrogens with one attached hydrogen (secondary N) is 1. The van der Waals surface area contributed by atoms with Gasteiger partial charge >= 0.3 is 0 Å². The molecule has 0 bridgehead atoms. The minimum Gasteiger partial charge on any atom is -0.380 e. The number of hydrogen-bond acceptors (Lipinski definition) is 4. The van der Waals surface area contributed by atoms with Crippen molar-refractivity contribution in [3.8, 4) is 0 Å². The third kappa shape index (κ3) is 5.10. The topological polar surface area (TPSA) is 58.1 Å². The number of benzene rings is 1. The Kier molecular flexibility index (Phi) is 6.10. The zero-order chi connectivity index (χ0) is 19.1. The molecule has 0 spiro atoms. The molecule has 1 aromatic carbocycles. The van der Waals surface area contributed by atoms with Crippen molar-refractivity contribution in [3.05, 3.63) is 89.8 Å². The van der Waals surface area contributed by atoms with Gasteiger partial charge in [-0.25, -0.2) is 4.39 Å². The van der Waals surface area contributed by atoms with Crippen LogP contribution >= 0.6 is 0 Å². The highest BCUT2D eigenvalue weighted by Crippen LogP contribution is 2.14. The second kappa shape index (κ2) is 8.89. The Labute approximate surface area is 157 Å². The molecule has 0 radical (unpaired) electrons. The maximum atomic E-state index is 13.7. The second-order valence-corrected chi connectivity index (χ2v) is 6.24. The van der Waals surface area contributed by atoms with Gasteiger partial charge in [-0.1, -0.05) is 18.2 Å². The van der Waals surface area contributed by atoms with Crippen LogP contribution in [0.25, 0.3) is 0 Å². The summed E-state index contributed by atoms with van der Waals surface area (Å²) in [5.41, 5.74) is 2.85. The largest absolute Gasteiger partial charge is 0.380 e. The van der Waals surface area contributed by atoms with Crippen molar-refractivity contribution in [1.82, 2.24) is 14.9 Å². The Morgan fingerprint density at radius 2 is 1.89 bits per heavy atom. The Bertz CT molecular complexity index is 901. The number of aromatic nitrogens is 2. The van der Waals surface area contributed by atoms with Crippen molar-refractivity contribution in [2.24, 2.45) is 0 Å². The SMILES string of the molecule is CN(CCc1ccncc1)C(=O)c1cncc(NCc2ccccc2F)c1. The fourth-order valence-electron chi connectivity index (χ4n) is 2.66. The predicted octanol–water partition coefficient (Wildman–Crippen LogP) is 3.54. The van der Waals surface area contributed by atoms with Crippen LogP contribution in [-0.4, -0.2) is 34.4 Å². The van der Waals surface area contributed by atoms with Gasteiger partial charge in [0.05, 0.1) is 11.3 Å². The monoisotopic (exact) mass is 364 g/mol. The van der Waals surface area contributed by atoms with E-state index in [0.717, 1.165) is 12.0 Å². The molecule has 0 saturated heterocycles. The number of carbonyl (C=O) groups is 1. The first-order valence-corrected chi connectivity index (χ1v) is 8.70. The van der Waals surface area contributed by atoms with Gasteiger partial charge < -0.3 is 10.2 Å². The number of carbonyl (C=O) groups excluding carboxylic acids is 1. The lowest BCUT2D eigenvalue weighted by Crippen LogP contribution is -2.29. The van der Waals surface area contributed by atoms with Gasteiger partial charge in [0.15, 0.2) is 0 Å². The zero-order valence-corrected chi connectivity index (χ0v) is 15.1. The van der Waals surface area contributed by atoms with Crippen molar-refractivity contribution < 1.29 is 9.18 Å². The first-order chi connectivity index (χ1) is 13.1. The smallest absolute Gasteiger partial charge is 0.255 e. The van der Waals surface area contributed by atoms with Crippen molar-refractivity contribution >= 4 is 11.6 Å². The van der Waals surface area contributed by atoms with Gasteiger partial charge in [-0.2, -0.15) is 0 Å². The van der Waals surface area contributed by atoms with Gasteiger partial charge in [-0.15, -0.1) is 0 Å². The van der Waals surface area contributed by atoms with E-state index in [1.807, 2.05) is 12.1 Å². The molecule has 0 unspecified atom stereocenters. The number of nitrogens with zero attached hydrogens (tertiary/aromatic N) is 3. The number of rotatable bonds is 7. The van der Waals surface area contributed by atoms with Crippen LogP contribution < -0.4 is 5.32 Å². The highest BCUT2D eigenvalue weighted by atomic mass is 19.1. The lowest BCUT2D eigenvalue weighted by atomic mass is 10.1. The Morgan fingerprint density at radius 1 is 1.11 bits per heavy atom. The first-order valence-electron chi connectivity index (χ1n) is 8.70. The molecule has 0 aliphatic carbocycles. The van der Waals surface area contributed by atoms with E-state index in [0.29, 0.717) is 29.9 Å². The molecule has 1 amide bonds. The Morgan fingerprint density at radius 3 is 2.67 bits per heavy atom. The summed E-state index contributed by atoms with van der Waals surface area (Å²) in [6.07, 6.45) is 7.40. The highest BCUT2D eigenvalue weighted by molar-refractivity contribution is 5.94. The van der Waals surface area contributed by atoms with Crippen LogP contribution in [0.4, 0.5) is 10.1 Å². The number of anilines is 1. The summed E-state index contributed by atoms with van der Waals surface area (Å²) in [4.78, 5) is 22.4. The molecule has 3 rings (SSSR count). The van der Waals surface area contributed by atoms with Crippen LogP contribution in [-0.2, 0) is 13.0 Å². The predicted molar refractivity (Wildman–Crippen MR) is 103 cm³/mol. The van der Waals surface area contributed by atoms with E-state index in [4.69, 9.17) is 0 Å². The van der Waals surface area contributed by atoms with Crippen LogP contribution in [0.5, 0.6) is 0 Å². The van der Waals surface area contributed by atoms with Gasteiger partial charge in [-0.3, -0.25) is 14.8 Å². The molecule has 2 heterocycles. The molecule has 0 aliphatic heterocycles. The molecule has 1 N–H and O–H groups in total. The summed E-state index contributed by atoms with van der Waals surface area (Å²) in [7, 11) is 1.77. The standard InChI is InChI=1S/C21H21FN4O/c1-26(11-8-16-6-9-23-10-7-16)21(27)18-12-19(15-24-13-18)25-14-17-4-2-3-5-20(17)22/h2-7,9-10,12-13,15,25H,8,11,14H2,1H3. The summed E-state index contributed by atoms with van der Waals surface area (Å²) < 4.78 is 13.7. The maximum Gasteiger partial charge on any atom is 0.255 e. The minimum absolute atomic E-state index is 0.105. The Hall–Kier alpha value is -3.28. The lowest BCUT2D eigenvalue weighted by molar-refractivity contribution is 0.0796. The molecule has 0 atom stereocenters. The van der Waals surface area contributed by atoms with Gasteiger partial charge in [0.1, 0.15) is 5.82 Å². The van der Waals surface area contributed by atoms with Gasteiger partial charge in [0.2, 0.25) is 0 Å². The molecule has 0 fully saturated rings. The molecular weight excluding hydrogens is 343 g/mol. The van der Waals surface area contributed by atoms with Crippen LogP contribution in [0.2, 0.25) is 0 Å². The van der Waals surface area contributed by atoms with Crippen LogP contribution in [0.3, 0.4) is 0 Å². The molecule has 2 aromatic heterocycles. The molecule has 6 heteroatoms. The Balaban J connectivity index is 1.60.